The van der Waals surface area contributed by atoms with E-state index in [0.29, 0.717) is 12.5 Å². The van der Waals surface area contributed by atoms with Crippen LogP contribution in [-0.2, 0) is 19.4 Å². The first-order valence-electron chi connectivity index (χ1n) is 11.1. The Bertz CT molecular complexity index is 1070. The third-order valence-corrected chi connectivity index (χ3v) is 5.39. The van der Waals surface area contributed by atoms with E-state index < -0.39 is 29.9 Å². The van der Waals surface area contributed by atoms with E-state index in [1.807, 2.05) is 16.8 Å². The molecule has 0 aliphatic rings. The Hall–Kier alpha value is -3.30. The van der Waals surface area contributed by atoms with Gasteiger partial charge < -0.3 is 25.4 Å². The molecule has 3 rings (SSSR count). The summed E-state index contributed by atoms with van der Waals surface area (Å²) in [6.45, 7) is 4.79. The average molecular weight is 473 g/mol. The lowest BCUT2D eigenvalue weighted by molar-refractivity contribution is 0.117. The zero-order valence-electron chi connectivity index (χ0n) is 19.2. The highest BCUT2D eigenvalue weighted by atomic mass is 19.1. The molecule has 1 heterocycles. The Morgan fingerprint density at radius 2 is 1.82 bits per heavy atom. The second kappa shape index (κ2) is 11.7. The van der Waals surface area contributed by atoms with Crippen LogP contribution in [0.1, 0.15) is 30.5 Å². The highest BCUT2D eigenvalue weighted by molar-refractivity contribution is 5.65. The van der Waals surface area contributed by atoms with E-state index in [-0.39, 0.29) is 18.5 Å². The Morgan fingerprint density at radius 3 is 2.44 bits per heavy atom. The van der Waals surface area contributed by atoms with Crippen LogP contribution in [-0.4, -0.2) is 44.5 Å². The molecule has 0 radical (unpaired) electrons. The molecule has 2 atom stereocenters. The highest BCUT2D eigenvalue weighted by Crippen LogP contribution is 2.19. The van der Waals surface area contributed by atoms with Crippen molar-refractivity contribution in [1.29, 1.82) is 0 Å². The molecule has 1 aromatic heterocycles. The third-order valence-electron chi connectivity index (χ3n) is 5.39. The van der Waals surface area contributed by atoms with Crippen molar-refractivity contribution in [1.82, 2.24) is 20.2 Å². The Kier molecular flexibility index (Phi) is 8.72. The van der Waals surface area contributed by atoms with Gasteiger partial charge in [0.1, 0.15) is 11.6 Å². The van der Waals surface area contributed by atoms with E-state index in [9.17, 15) is 18.7 Å². The first-order chi connectivity index (χ1) is 16.2. The van der Waals surface area contributed by atoms with Crippen LogP contribution in [0.4, 0.5) is 13.6 Å². The van der Waals surface area contributed by atoms with Crippen molar-refractivity contribution in [2.24, 2.45) is 5.92 Å². The van der Waals surface area contributed by atoms with E-state index in [2.05, 4.69) is 41.6 Å². The monoisotopic (exact) mass is 472 g/mol. The molecule has 7 nitrogen and oxygen atoms in total. The van der Waals surface area contributed by atoms with Crippen molar-refractivity contribution in [3.05, 3.63) is 83.4 Å². The second-order valence-corrected chi connectivity index (χ2v) is 8.77. The molecular weight excluding hydrogens is 442 g/mol. The number of aromatic nitrogens is 2. The van der Waals surface area contributed by atoms with Crippen molar-refractivity contribution in [3.63, 3.8) is 0 Å². The van der Waals surface area contributed by atoms with Gasteiger partial charge in [-0.25, -0.2) is 18.6 Å². The molecule has 34 heavy (non-hydrogen) atoms. The molecule has 0 spiro atoms. The standard InChI is InChI=1S/C25H30F2N4O3/c1-16(2)7-17-3-4-23(31-6-5-28-15-31)19(8-17)13-29-14-24(32)22(30-25(33)34)11-18-9-20(26)12-21(27)10-18/h3-6,8-10,12,15-16,22,24,29-30,32H,7,11,13-14H2,1-2H3,(H,33,34)/t22-,24-/m0/s1. The van der Waals surface area contributed by atoms with Gasteiger partial charge in [-0.05, 0) is 53.6 Å². The topological polar surface area (TPSA) is 99.4 Å². The summed E-state index contributed by atoms with van der Waals surface area (Å²) in [7, 11) is 0. The molecule has 0 saturated carbocycles. The number of hydrogen-bond acceptors (Lipinski definition) is 4. The van der Waals surface area contributed by atoms with E-state index in [0.717, 1.165) is 35.9 Å². The van der Waals surface area contributed by atoms with Crippen LogP contribution in [0.5, 0.6) is 0 Å². The number of halogens is 2. The normalized spacial score (nSPS) is 13.1. The molecule has 3 aromatic rings. The molecule has 0 aliphatic heterocycles. The van der Waals surface area contributed by atoms with E-state index >= 15 is 0 Å². The van der Waals surface area contributed by atoms with Crippen LogP contribution < -0.4 is 10.6 Å². The quantitative estimate of drug-likeness (QED) is 0.341. The van der Waals surface area contributed by atoms with E-state index in [1.165, 1.54) is 5.56 Å². The maximum absolute atomic E-state index is 13.5. The smallest absolute Gasteiger partial charge is 0.404 e. The Labute approximate surface area is 197 Å². The summed E-state index contributed by atoms with van der Waals surface area (Å²) in [6.07, 6.45) is 3.66. The number of carbonyl (C=O) groups is 1. The fourth-order valence-electron chi connectivity index (χ4n) is 3.95. The van der Waals surface area contributed by atoms with Gasteiger partial charge in [0.05, 0.1) is 24.2 Å². The lowest BCUT2D eigenvalue weighted by Gasteiger charge is -2.24. The van der Waals surface area contributed by atoms with Gasteiger partial charge in [0.25, 0.3) is 0 Å². The van der Waals surface area contributed by atoms with Gasteiger partial charge in [0.2, 0.25) is 0 Å². The van der Waals surface area contributed by atoms with Crippen molar-refractivity contribution in [2.45, 2.75) is 45.4 Å². The lowest BCUT2D eigenvalue weighted by atomic mass is 9.99. The van der Waals surface area contributed by atoms with Gasteiger partial charge in [-0.3, -0.25) is 0 Å². The van der Waals surface area contributed by atoms with Gasteiger partial charge in [-0.2, -0.15) is 0 Å². The van der Waals surface area contributed by atoms with Crippen molar-refractivity contribution in [2.75, 3.05) is 6.54 Å². The molecule has 9 heteroatoms. The molecule has 4 N–H and O–H groups in total. The van der Waals surface area contributed by atoms with E-state index in [1.54, 1.807) is 12.5 Å². The number of aliphatic hydroxyl groups excluding tert-OH is 1. The highest BCUT2D eigenvalue weighted by Gasteiger charge is 2.22. The van der Waals surface area contributed by atoms with Crippen LogP contribution in [0, 0.1) is 17.6 Å². The first-order valence-corrected chi connectivity index (χ1v) is 11.1. The average Bonchev–Trinajstić information content (AvgIpc) is 3.26. The van der Waals surface area contributed by atoms with Crippen LogP contribution in [0.3, 0.4) is 0 Å². The van der Waals surface area contributed by atoms with E-state index in [4.69, 9.17) is 5.11 Å². The zero-order valence-corrected chi connectivity index (χ0v) is 19.2. The number of rotatable bonds is 11. The first kappa shape index (κ1) is 25.3. The molecule has 0 unspecified atom stereocenters. The van der Waals surface area contributed by atoms with Gasteiger partial charge in [0.15, 0.2) is 0 Å². The maximum atomic E-state index is 13.5. The molecule has 2 aromatic carbocycles. The summed E-state index contributed by atoms with van der Waals surface area (Å²) < 4.78 is 29.0. The second-order valence-electron chi connectivity index (χ2n) is 8.77. The minimum atomic E-state index is -1.33. The molecule has 0 saturated heterocycles. The summed E-state index contributed by atoms with van der Waals surface area (Å²) in [5.41, 5.74) is 3.38. The number of nitrogens with zero attached hydrogens (tertiary/aromatic N) is 2. The largest absolute Gasteiger partial charge is 0.465 e. The minimum absolute atomic E-state index is 0.0615. The Morgan fingerprint density at radius 1 is 1.09 bits per heavy atom. The number of carboxylic acid groups (broad SMARTS) is 1. The summed E-state index contributed by atoms with van der Waals surface area (Å²) in [4.78, 5) is 15.3. The fraction of sp³-hybridized carbons (Fsp3) is 0.360. The van der Waals surface area contributed by atoms with Gasteiger partial charge >= 0.3 is 6.09 Å². The summed E-state index contributed by atoms with van der Waals surface area (Å²) in [5, 5.41) is 25.3. The summed E-state index contributed by atoms with van der Waals surface area (Å²) in [5.74, 6) is -1.02. The third kappa shape index (κ3) is 7.36. The number of hydrogen-bond donors (Lipinski definition) is 4. The zero-order chi connectivity index (χ0) is 24.7. The SMILES string of the molecule is CC(C)Cc1ccc(-n2ccnc2)c(CNC[C@H](O)[C@H](Cc2cc(F)cc(F)c2)NC(=O)O)c1. The van der Waals surface area contributed by atoms with Crippen molar-refractivity contribution >= 4 is 6.09 Å². The molecule has 0 fully saturated rings. The maximum Gasteiger partial charge on any atom is 0.404 e. The number of benzene rings is 2. The molecule has 1 amide bonds. The van der Waals surface area contributed by atoms with Gasteiger partial charge in [0, 0.05) is 31.5 Å². The molecule has 0 aliphatic carbocycles. The van der Waals surface area contributed by atoms with Crippen molar-refractivity contribution < 1.29 is 23.8 Å². The minimum Gasteiger partial charge on any atom is -0.465 e. The van der Waals surface area contributed by atoms with Crippen molar-refractivity contribution in [3.8, 4) is 5.69 Å². The number of amides is 1. The van der Waals surface area contributed by atoms with Crippen LogP contribution in [0.25, 0.3) is 5.69 Å². The molecular formula is C25H30F2N4O3. The predicted molar refractivity (Wildman–Crippen MR) is 125 cm³/mol. The number of nitrogens with one attached hydrogen (secondary N) is 2. The molecule has 182 valence electrons. The van der Waals surface area contributed by atoms with Crippen LogP contribution in [0.15, 0.2) is 55.1 Å². The van der Waals surface area contributed by atoms with Gasteiger partial charge in [-0.1, -0.05) is 26.0 Å². The number of aliphatic hydroxyl groups is 1. The Balaban J connectivity index is 1.70. The van der Waals surface area contributed by atoms with Crippen LogP contribution >= 0.6 is 0 Å². The predicted octanol–water partition coefficient (Wildman–Crippen LogP) is 3.68. The lowest BCUT2D eigenvalue weighted by Crippen LogP contribution is -2.48. The fourth-order valence-corrected chi connectivity index (χ4v) is 3.95. The number of imidazole rings is 1. The summed E-state index contributed by atoms with van der Waals surface area (Å²) >= 11 is 0. The van der Waals surface area contributed by atoms with Gasteiger partial charge in [-0.15, -0.1) is 0 Å². The summed E-state index contributed by atoms with van der Waals surface area (Å²) in [6, 6.07) is 8.25. The molecule has 0 bridgehead atoms. The van der Waals surface area contributed by atoms with Crippen LogP contribution in [0.2, 0.25) is 0 Å².